The van der Waals surface area contributed by atoms with Crippen molar-refractivity contribution >= 4 is 28.7 Å². The van der Waals surface area contributed by atoms with Gasteiger partial charge in [-0.2, -0.15) is 0 Å². The zero-order valence-corrected chi connectivity index (χ0v) is 10.1. The third kappa shape index (κ3) is 2.68. The minimum Gasteiger partial charge on any atom is -0.399 e. The molecule has 2 aromatic carbocycles. The SMILES string of the molecule is Cc1ccc(Cl)c(Nc2ccc(N)cc2F)c1. The van der Waals surface area contributed by atoms with E-state index in [1.54, 1.807) is 18.2 Å². The summed E-state index contributed by atoms with van der Waals surface area (Å²) in [5, 5.41) is 3.49. The highest BCUT2D eigenvalue weighted by Gasteiger charge is 2.05. The van der Waals surface area contributed by atoms with Gasteiger partial charge in [-0.25, -0.2) is 4.39 Å². The first-order valence-electron chi connectivity index (χ1n) is 5.14. The minimum absolute atomic E-state index is 0.353. The Kier molecular flexibility index (Phi) is 3.20. The van der Waals surface area contributed by atoms with E-state index in [1.807, 2.05) is 19.1 Å². The van der Waals surface area contributed by atoms with Crippen LogP contribution >= 0.6 is 11.6 Å². The van der Waals surface area contributed by atoms with Crippen molar-refractivity contribution in [3.63, 3.8) is 0 Å². The second kappa shape index (κ2) is 4.63. The molecule has 17 heavy (non-hydrogen) atoms. The Morgan fingerprint density at radius 2 is 1.88 bits per heavy atom. The molecule has 2 aromatic rings. The summed E-state index contributed by atoms with van der Waals surface area (Å²) in [6.07, 6.45) is 0. The highest BCUT2D eigenvalue weighted by molar-refractivity contribution is 6.33. The normalized spacial score (nSPS) is 10.3. The molecule has 0 aromatic heterocycles. The largest absolute Gasteiger partial charge is 0.399 e. The fraction of sp³-hybridized carbons (Fsp3) is 0.0769. The van der Waals surface area contributed by atoms with Gasteiger partial charge in [0.05, 0.1) is 16.4 Å². The van der Waals surface area contributed by atoms with Crippen molar-refractivity contribution in [3.8, 4) is 0 Å². The number of halogens is 2. The minimum atomic E-state index is -0.400. The van der Waals surface area contributed by atoms with Crippen molar-refractivity contribution in [2.24, 2.45) is 0 Å². The first kappa shape index (κ1) is 11.7. The Morgan fingerprint density at radius 3 is 2.59 bits per heavy atom. The molecule has 2 nitrogen and oxygen atoms in total. The lowest BCUT2D eigenvalue weighted by atomic mass is 10.2. The Labute approximate surface area is 104 Å². The molecule has 88 valence electrons. The van der Waals surface area contributed by atoms with Crippen LogP contribution in [-0.4, -0.2) is 0 Å². The molecular formula is C13H12ClFN2. The zero-order valence-electron chi connectivity index (χ0n) is 9.30. The van der Waals surface area contributed by atoms with Crippen LogP contribution in [0.2, 0.25) is 5.02 Å². The predicted octanol–water partition coefficient (Wildman–Crippen LogP) is 4.11. The summed E-state index contributed by atoms with van der Waals surface area (Å²) < 4.78 is 13.6. The molecule has 0 saturated heterocycles. The molecule has 0 bridgehead atoms. The van der Waals surface area contributed by atoms with Gasteiger partial charge in [0.1, 0.15) is 5.82 Å². The van der Waals surface area contributed by atoms with E-state index in [0.29, 0.717) is 22.1 Å². The summed E-state index contributed by atoms with van der Waals surface area (Å²) >= 11 is 6.02. The smallest absolute Gasteiger partial charge is 0.148 e. The monoisotopic (exact) mass is 250 g/mol. The number of hydrogen-bond donors (Lipinski definition) is 2. The summed E-state index contributed by atoms with van der Waals surface area (Å²) in [4.78, 5) is 0. The van der Waals surface area contributed by atoms with Gasteiger partial charge in [0, 0.05) is 5.69 Å². The van der Waals surface area contributed by atoms with Crippen LogP contribution in [0.1, 0.15) is 5.56 Å². The van der Waals surface area contributed by atoms with Crippen LogP contribution < -0.4 is 11.1 Å². The Balaban J connectivity index is 2.34. The molecule has 0 aliphatic carbocycles. The molecule has 0 atom stereocenters. The first-order chi connectivity index (χ1) is 8.06. The average molecular weight is 251 g/mol. The second-order valence-corrected chi connectivity index (χ2v) is 4.25. The molecule has 0 aliphatic heterocycles. The number of aryl methyl sites for hydroxylation is 1. The lowest BCUT2D eigenvalue weighted by Crippen LogP contribution is -1.96. The summed E-state index contributed by atoms with van der Waals surface area (Å²) in [5.74, 6) is -0.400. The van der Waals surface area contributed by atoms with Crippen LogP contribution in [0.4, 0.5) is 21.5 Å². The van der Waals surface area contributed by atoms with E-state index in [0.717, 1.165) is 5.56 Å². The van der Waals surface area contributed by atoms with Crippen LogP contribution in [0.3, 0.4) is 0 Å². The number of benzene rings is 2. The van der Waals surface area contributed by atoms with Crippen molar-refractivity contribution in [2.45, 2.75) is 6.92 Å². The fourth-order valence-electron chi connectivity index (χ4n) is 1.51. The van der Waals surface area contributed by atoms with E-state index in [4.69, 9.17) is 17.3 Å². The standard InChI is InChI=1S/C13H12ClFN2/c1-8-2-4-10(14)13(6-8)17-12-5-3-9(16)7-11(12)15/h2-7,17H,16H2,1H3. The van der Waals surface area contributed by atoms with E-state index in [-0.39, 0.29) is 0 Å². The van der Waals surface area contributed by atoms with Gasteiger partial charge in [-0.05, 0) is 42.8 Å². The number of anilines is 3. The number of rotatable bonds is 2. The highest BCUT2D eigenvalue weighted by atomic mass is 35.5. The average Bonchev–Trinajstić information content (AvgIpc) is 2.27. The third-order valence-corrected chi connectivity index (χ3v) is 2.71. The van der Waals surface area contributed by atoms with Gasteiger partial charge >= 0.3 is 0 Å². The molecule has 0 fully saturated rings. The Bertz CT molecular complexity index is 555. The van der Waals surface area contributed by atoms with E-state index < -0.39 is 5.82 Å². The van der Waals surface area contributed by atoms with Crippen LogP contribution in [0.25, 0.3) is 0 Å². The number of nitrogen functional groups attached to an aromatic ring is 1. The van der Waals surface area contributed by atoms with Gasteiger partial charge in [0.15, 0.2) is 0 Å². The van der Waals surface area contributed by atoms with Gasteiger partial charge in [-0.1, -0.05) is 17.7 Å². The van der Waals surface area contributed by atoms with Crippen molar-refractivity contribution in [2.75, 3.05) is 11.1 Å². The fourth-order valence-corrected chi connectivity index (χ4v) is 1.68. The van der Waals surface area contributed by atoms with Crippen molar-refractivity contribution in [1.82, 2.24) is 0 Å². The van der Waals surface area contributed by atoms with Gasteiger partial charge < -0.3 is 11.1 Å². The summed E-state index contributed by atoms with van der Waals surface area (Å²) in [6, 6.07) is 10.0. The van der Waals surface area contributed by atoms with Crippen LogP contribution in [-0.2, 0) is 0 Å². The number of nitrogens with one attached hydrogen (secondary N) is 1. The van der Waals surface area contributed by atoms with E-state index in [2.05, 4.69) is 5.32 Å². The molecule has 3 N–H and O–H groups in total. The molecular weight excluding hydrogens is 239 g/mol. The highest BCUT2D eigenvalue weighted by Crippen LogP contribution is 2.28. The van der Waals surface area contributed by atoms with Crippen molar-refractivity contribution in [3.05, 3.63) is 52.8 Å². The maximum absolute atomic E-state index is 13.6. The Morgan fingerprint density at radius 1 is 1.12 bits per heavy atom. The maximum atomic E-state index is 13.6. The van der Waals surface area contributed by atoms with E-state index in [9.17, 15) is 4.39 Å². The zero-order chi connectivity index (χ0) is 12.4. The molecule has 0 radical (unpaired) electrons. The van der Waals surface area contributed by atoms with Gasteiger partial charge in [-0.15, -0.1) is 0 Å². The van der Waals surface area contributed by atoms with Crippen molar-refractivity contribution in [1.29, 1.82) is 0 Å². The van der Waals surface area contributed by atoms with E-state index >= 15 is 0 Å². The van der Waals surface area contributed by atoms with E-state index in [1.165, 1.54) is 6.07 Å². The predicted molar refractivity (Wildman–Crippen MR) is 70.3 cm³/mol. The van der Waals surface area contributed by atoms with Gasteiger partial charge in [-0.3, -0.25) is 0 Å². The molecule has 0 spiro atoms. The molecule has 2 rings (SSSR count). The van der Waals surface area contributed by atoms with Crippen molar-refractivity contribution < 1.29 is 4.39 Å². The first-order valence-corrected chi connectivity index (χ1v) is 5.52. The topological polar surface area (TPSA) is 38.0 Å². The molecule has 0 amide bonds. The summed E-state index contributed by atoms with van der Waals surface area (Å²) in [5.41, 5.74) is 7.95. The second-order valence-electron chi connectivity index (χ2n) is 3.85. The van der Waals surface area contributed by atoms with Gasteiger partial charge in [0.25, 0.3) is 0 Å². The van der Waals surface area contributed by atoms with Crippen LogP contribution in [0, 0.1) is 12.7 Å². The third-order valence-electron chi connectivity index (χ3n) is 2.38. The quantitative estimate of drug-likeness (QED) is 0.787. The lowest BCUT2D eigenvalue weighted by molar-refractivity contribution is 0.632. The molecule has 0 aliphatic rings. The summed E-state index contributed by atoms with van der Waals surface area (Å²) in [7, 11) is 0. The number of nitrogens with two attached hydrogens (primary N) is 1. The van der Waals surface area contributed by atoms with Crippen LogP contribution in [0.15, 0.2) is 36.4 Å². The molecule has 4 heteroatoms. The van der Waals surface area contributed by atoms with Gasteiger partial charge in [0.2, 0.25) is 0 Å². The molecule has 0 saturated carbocycles. The summed E-state index contributed by atoms with van der Waals surface area (Å²) in [6.45, 7) is 1.95. The molecule has 0 unspecified atom stereocenters. The number of hydrogen-bond acceptors (Lipinski definition) is 2. The lowest BCUT2D eigenvalue weighted by Gasteiger charge is -2.10. The Hall–Kier alpha value is -1.74. The molecule has 0 heterocycles. The van der Waals surface area contributed by atoms with Crippen LogP contribution in [0.5, 0.6) is 0 Å². The maximum Gasteiger partial charge on any atom is 0.148 e.